The summed E-state index contributed by atoms with van der Waals surface area (Å²) in [6, 6.07) is -3.51. The fraction of sp³-hybridized carbons (Fsp3) is 0.649. The second-order valence-electron chi connectivity index (χ2n) is 14.5. The van der Waals surface area contributed by atoms with Crippen LogP contribution in [0.4, 0.5) is 0 Å². The third-order valence-corrected chi connectivity index (χ3v) is 9.30. The summed E-state index contributed by atoms with van der Waals surface area (Å²) >= 11 is 0. The van der Waals surface area contributed by atoms with E-state index in [1.165, 1.54) is 6.20 Å². The Balaban J connectivity index is 3.24. The predicted octanol–water partition coefficient (Wildman–Crippen LogP) is -2.84. The maximum atomic E-state index is 13.8. The molecule has 1 rings (SSSR count). The maximum Gasteiger partial charge on any atom is 0.243 e. The Morgan fingerprint density at radius 1 is 0.772 bits per heavy atom. The van der Waals surface area contributed by atoms with Gasteiger partial charge < -0.3 is 59.9 Å². The molecule has 0 fully saturated rings. The minimum Gasteiger partial charge on any atom is -0.394 e. The van der Waals surface area contributed by atoms with Crippen LogP contribution in [0.5, 0.6) is 0 Å². The highest BCUT2D eigenvalue weighted by Crippen LogP contribution is 2.12. The standard InChI is InChI=1S/C37H64N12O8/c1-7-21(5)29(31(39)52)48-35(56)27(16-23-11-9-13-42-17-23)47-33(54)25(12-10-14-43-37(40)41)45-28(51)18-44-36(57)30(22(6)8-2)49-34(55)26(15-20(3)4)46-32(53)24(38)19-50/h9,11,13,17,20-22,24-27,29-30,50H,7-8,10,12,14-16,18-19,38H2,1-6H3,(H2,39,52)(H,44,57)(H,45,51)(H,46,53)(H,47,54)(H,48,56)(H,49,55)(H4,40,41,43)/t21-,22-,24-,25-,26-,27-,29-,30-/m0/s1. The van der Waals surface area contributed by atoms with E-state index >= 15 is 0 Å². The lowest BCUT2D eigenvalue weighted by Crippen LogP contribution is -2.59. The highest BCUT2D eigenvalue weighted by Gasteiger charge is 2.33. The summed E-state index contributed by atoms with van der Waals surface area (Å²) in [5.41, 5.74) is 22.7. The molecule has 0 radical (unpaired) electrons. The van der Waals surface area contributed by atoms with Gasteiger partial charge in [0.05, 0.1) is 13.2 Å². The molecule has 0 aliphatic carbocycles. The number of hydrogen-bond donors (Lipinski definition) is 11. The van der Waals surface area contributed by atoms with Crippen molar-refractivity contribution >= 4 is 47.3 Å². The molecule has 0 saturated carbocycles. The summed E-state index contributed by atoms with van der Waals surface area (Å²) in [5.74, 6) is -5.92. The van der Waals surface area contributed by atoms with Gasteiger partial charge in [-0.05, 0) is 48.6 Å². The van der Waals surface area contributed by atoms with Crippen molar-refractivity contribution < 1.29 is 38.7 Å². The van der Waals surface area contributed by atoms with E-state index in [0.29, 0.717) is 18.4 Å². The minimum absolute atomic E-state index is 0.0131. The quantitative estimate of drug-likeness (QED) is 0.0256. The number of carbonyl (C=O) groups excluding carboxylic acids is 7. The van der Waals surface area contributed by atoms with Gasteiger partial charge in [-0.3, -0.25) is 43.5 Å². The molecule has 1 heterocycles. The number of nitrogens with two attached hydrogens (primary N) is 4. The SMILES string of the molecule is CC[C@H](C)[C@H](NC(=O)[C@H](Cc1cccnc1)NC(=O)[C@H](CCCN=C(N)N)NC(=O)CNC(=O)[C@@H](NC(=O)[C@H](CC(C)C)NC(=O)[C@@H](N)CO)[C@@H](C)CC)C(N)=O. The summed E-state index contributed by atoms with van der Waals surface area (Å²) in [6.07, 6.45) is 4.53. The van der Waals surface area contributed by atoms with Crippen molar-refractivity contribution in [3.63, 3.8) is 0 Å². The number of aliphatic hydroxyl groups excluding tert-OH is 1. The molecule has 0 saturated heterocycles. The zero-order valence-corrected chi connectivity index (χ0v) is 33.9. The number of hydrogen-bond acceptors (Lipinski definition) is 11. The van der Waals surface area contributed by atoms with Crippen LogP contribution < -0.4 is 54.8 Å². The minimum atomic E-state index is -1.25. The van der Waals surface area contributed by atoms with Crippen molar-refractivity contribution in [1.29, 1.82) is 0 Å². The number of aliphatic hydroxyl groups is 1. The van der Waals surface area contributed by atoms with Crippen molar-refractivity contribution in [1.82, 2.24) is 36.9 Å². The fourth-order valence-electron chi connectivity index (χ4n) is 5.53. The van der Waals surface area contributed by atoms with Gasteiger partial charge in [0.1, 0.15) is 36.3 Å². The molecular formula is C37H64N12O8. The van der Waals surface area contributed by atoms with Crippen molar-refractivity contribution in [3.8, 4) is 0 Å². The van der Waals surface area contributed by atoms with Gasteiger partial charge in [-0.2, -0.15) is 0 Å². The number of aliphatic imine (C=N–C) groups is 1. The first-order valence-electron chi connectivity index (χ1n) is 19.2. The van der Waals surface area contributed by atoms with Crippen LogP contribution in [0.25, 0.3) is 0 Å². The first kappa shape index (κ1) is 49.6. The van der Waals surface area contributed by atoms with E-state index in [0.717, 1.165) is 0 Å². The van der Waals surface area contributed by atoms with Gasteiger partial charge in [0.15, 0.2) is 5.96 Å². The molecule has 0 aliphatic rings. The summed E-state index contributed by atoms with van der Waals surface area (Å²) in [6.45, 7) is 9.71. The summed E-state index contributed by atoms with van der Waals surface area (Å²) in [5, 5.41) is 24.9. The predicted molar refractivity (Wildman–Crippen MR) is 213 cm³/mol. The molecule has 0 spiro atoms. The number of aromatic nitrogens is 1. The Kier molecular flexibility index (Phi) is 22.4. The second-order valence-corrected chi connectivity index (χ2v) is 14.5. The van der Waals surface area contributed by atoms with Crippen LogP contribution in [0, 0.1) is 17.8 Å². The summed E-state index contributed by atoms with van der Waals surface area (Å²) < 4.78 is 0. The number of pyridine rings is 1. The number of primary amides is 1. The van der Waals surface area contributed by atoms with Crippen molar-refractivity contribution in [3.05, 3.63) is 30.1 Å². The molecule has 7 amide bonds. The first-order chi connectivity index (χ1) is 26.8. The number of guanidine groups is 1. The zero-order valence-electron chi connectivity index (χ0n) is 33.9. The molecule has 0 bridgehead atoms. The van der Waals surface area contributed by atoms with Gasteiger partial charge in [0.2, 0.25) is 41.4 Å². The lowest BCUT2D eigenvalue weighted by molar-refractivity contribution is -0.135. The van der Waals surface area contributed by atoms with Crippen LogP contribution in [-0.2, 0) is 40.0 Å². The third-order valence-electron chi connectivity index (χ3n) is 9.30. The molecule has 15 N–H and O–H groups in total. The van der Waals surface area contributed by atoms with Crippen LogP contribution in [0.1, 0.15) is 79.2 Å². The lowest BCUT2D eigenvalue weighted by Gasteiger charge is -2.28. The average molecular weight is 805 g/mol. The Bertz CT molecular complexity index is 1510. The van der Waals surface area contributed by atoms with Crippen LogP contribution in [0.2, 0.25) is 0 Å². The van der Waals surface area contributed by atoms with E-state index < -0.39 is 96.7 Å². The highest BCUT2D eigenvalue weighted by molar-refractivity contribution is 5.96. The van der Waals surface area contributed by atoms with Crippen LogP contribution in [-0.4, -0.2) is 113 Å². The topological polar surface area (TPSA) is 341 Å². The molecule has 0 unspecified atom stereocenters. The van der Waals surface area contributed by atoms with Gasteiger partial charge in [0, 0.05) is 25.4 Å². The molecular weight excluding hydrogens is 740 g/mol. The Morgan fingerprint density at radius 3 is 1.89 bits per heavy atom. The Morgan fingerprint density at radius 2 is 1.35 bits per heavy atom. The number of nitrogens with zero attached hydrogens (tertiary/aromatic N) is 2. The molecule has 0 aromatic carbocycles. The average Bonchev–Trinajstić information content (AvgIpc) is 3.17. The van der Waals surface area contributed by atoms with Gasteiger partial charge in [-0.15, -0.1) is 0 Å². The molecule has 20 heteroatoms. The molecule has 57 heavy (non-hydrogen) atoms. The van der Waals surface area contributed by atoms with Crippen molar-refractivity contribution in [2.45, 2.75) is 116 Å². The molecule has 320 valence electrons. The van der Waals surface area contributed by atoms with Crippen LogP contribution in [0.3, 0.4) is 0 Å². The number of carbonyl (C=O) groups is 7. The van der Waals surface area contributed by atoms with E-state index in [-0.39, 0.29) is 50.0 Å². The largest absolute Gasteiger partial charge is 0.394 e. The molecule has 20 nitrogen and oxygen atoms in total. The lowest BCUT2D eigenvalue weighted by atomic mass is 9.96. The second kappa shape index (κ2) is 25.7. The van der Waals surface area contributed by atoms with Crippen LogP contribution >= 0.6 is 0 Å². The number of amides is 7. The highest BCUT2D eigenvalue weighted by atomic mass is 16.3. The summed E-state index contributed by atoms with van der Waals surface area (Å²) in [7, 11) is 0. The first-order valence-corrected chi connectivity index (χ1v) is 19.2. The number of nitrogens with one attached hydrogen (secondary N) is 6. The normalized spacial score (nSPS) is 15.2. The van der Waals surface area contributed by atoms with Gasteiger partial charge >= 0.3 is 0 Å². The van der Waals surface area contributed by atoms with Gasteiger partial charge in [-0.1, -0.05) is 60.5 Å². The van der Waals surface area contributed by atoms with E-state index in [2.05, 4.69) is 41.9 Å². The fourth-order valence-corrected chi connectivity index (χ4v) is 5.53. The van der Waals surface area contributed by atoms with E-state index in [4.69, 9.17) is 22.9 Å². The van der Waals surface area contributed by atoms with Crippen molar-refractivity contribution in [2.24, 2.45) is 45.7 Å². The third kappa shape index (κ3) is 18.4. The molecule has 1 aromatic rings. The maximum absolute atomic E-state index is 13.8. The van der Waals surface area contributed by atoms with E-state index in [1.807, 2.05) is 27.7 Å². The molecule has 1 aromatic heterocycles. The number of rotatable bonds is 26. The van der Waals surface area contributed by atoms with Gasteiger partial charge in [0.25, 0.3) is 0 Å². The smallest absolute Gasteiger partial charge is 0.243 e. The van der Waals surface area contributed by atoms with E-state index in [9.17, 15) is 38.7 Å². The van der Waals surface area contributed by atoms with Gasteiger partial charge in [-0.25, -0.2) is 0 Å². The summed E-state index contributed by atoms with van der Waals surface area (Å²) in [4.78, 5) is 100. The van der Waals surface area contributed by atoms with Crippen molar-refractivity contribution in [2.75, 3.05) is 19.7 Å². The molecule has 0 aliphatic heterocycles. The van der Waals surface area contributed by atoms with Crippen LogP contribution in [0.15, 0.2) is 29.5 Å². The Hall–Kier alpha value is -5.37. The molecule has 8 atom stereocenters. The zero-order chi connectivity index (χ0) is 43.2. The Labute approximate surface area is 334 Å². The monoisotopic (exact) mass is 804 g/mol. The van der Waals surface area contributed by atoms with E-state index in [1.54, 1.807) is 32.2 Å².